The van der Waals surface area contributed by atoms with Gasteiger partial charge in [0.15, 0.2) is 11.4 Å². The minimum Gasteiger partial charge on any atom is -0.447 e. The Kier molecular flexibility index (Phi) is 2.91. The lowest BCUT2D eigenvalue weighted by Crippen LogP contribution is -2.13. The molecule has 1 heterocycles. The summed E-state index contributed by atoms with van der Waals surface area (Å²) >= 11 is 5.45. The summed E-state index contributed by atoms with van der Waals surface area (Å²) in [6.45, 7) is 0.240. The lowest BCUT2D eigenvalue weighted by atomic mass is 10.3. The van der Waals surface area contributed by atoms with Crippen LogP contribution in [0.5, 0.6) is 0 Å². The molecule has 0 aliphatic carbocycles. The van der Waals surface area contributed by atoms with Gasteiger partial charge in [0, 0.05) is 6.54 Å². The Morgan fingerprint density at radius 1 is 1.73 bits per heavy atom. The SMILES string of the molecule is CNCC(F)c1ccc(Cl)o1. The Morgan fingerprint density at radius 2 is 2.45 bits per heavy atom. The van der Waals surface area contributed by atoms with Crippen molar-refractivity contribution in [3.05, 3.63) is 23.1 Å². The summed E-state index contributed by atoms with van der Waals surface area (Å²) in [5.74, 6) is 0.268. The zero-order valence-corrected chi connectivity index (χ0v) is 6.86. The first kappa shape index (κ1) is 8.56. The van der Waals surface area contributed by atoms with Gasteiger partial charge < -0.3 is 9.73 Å². The molecule has 0 fully saturated rings. The van der Waals surface area contributed by atoms with Crippen molar-refractivity contribution in [2.45, 2.75) is 6.17 Å². The molecule has 0 bridgehead atoms. The fourth-order valence-electron chi connectivity index (χ4n) is 0.776. The van der Waals surface area contributed by atoms with E-state index in [2.05, 4.69) is 5.32 Å². The van der Waals surface area contributed by atoms with Crippen molar-refractivity contribution in [1.82, 2.24) is 5.32 Å². The molecule has 0 amide bonds. The van der Waals surface area contributed by atoms with E-state index in [-0.39, 0.29) is 17.5 Å². The molecule has 0 saturated heterocycles. The Bertz CT molecular complexity index is 226. The monoisotopic (exact) mass is 177 g/mol. The summed E-state index contributed by atoms with van der Waals surface area (Å²) in [7, 11) is 1.68. The largest absolute Gasteiger partial charge is 0.447 e. The third-order valence-corrected chi connectivity index (χ3v) is 1.49. The number of furan rings is 1. The Balaban J connectivity index is 2.60. The summed E-state index contributed by atoms with van der Waals surface area (Å²) in [6, 6.07) is 3.06. The first-order chi connectivity index (χ1) is 5.24. The first-order valence-electron chi connectivity index (χ1n) is 3.28. The molecule has 11 heavy (non-hydrogen) atoms. The Hall–Kier alpha value is -0.540. The molecule has 1 aromatic heterocycles. The predicted molar refractivity (Wildman–Crippen MR) is 41.5 cm³/mol. The lowest BCUT2D eigenvalue weighted by molar-refractivity contribution is 0.282. The highest BCUT2D eigenvalue weighted by Crippen LogP contribution is 2.21. The molecule has 2 nitrogen and oxygen atoms in total. The van der Waals surface area contributed by atoms with Crippen LogP contribution in [-0.4, -0.2) is 13.6 Å². The molecule has 4 heteroatoms. The molecule has 0 saturated carbocycles. The number of rotatable bonds is 3. The van der Waals surface area contributed by atoms with Crippen LogP contribution in [-0.2, 0) is 0 Å². The third-order valence-electron chi connectivity index (χ3n) is 1.29. The van der Waals surface area contributed by atoms with E-state index in [4.69, 9.17) is 16.0 Å². The summed E-state index contributed by atoms with van der Waals surface area (Å²) in [5.41, 5.74) is 0. The maximum Gasteiger partial charge on any atom is 0.193 e. The first-order valence-corrected chi connectivity index (χ1v) is 3.65. The molecule has 62 valence electrons. The smallest absolute Gasteiger partial charge is 0.193 e. The molecule has 0 radical (unpaired) electrons. The number of alkyl halides is 1. The van der Waals surface area contributed by atoms with Gasteiger partial charge in [-0.2, -0.15) is 0 Å². The van der Waals surface area contributed by atoms with Crippen LogP contribution in [0.15, 0.2) is 16.5 Å². The average Bonchev–Trinajstić information content (AvgIpc) is 2.36. The second-order valence-corrected chi connectivity index (χ2v) is 2.54. The van der Waals surface area contributed by atoms with Crippen molar-refractivity contribution in [2.75, 3.05) is 13.6 Å². The van der Waals surface area contributed by atoms with Crippen LogP contribution in [0.3, 0.4) is 0 Å². The van der Waals surface area contributed by atoms with E-state index >= 15 is 0 Å². The number of hydrogen-bond acceptors (Lipinski definition) is 2. The van der Waals surface area contributed by atoms with Gasteiger partial charge in [0.2, 0.25) is 0 Å². The second kappa shape index (κ2) is 3.74. The predicted octanol–water partition coefficient (Wildman–Crippen LogP) is 2.16. The molecular formula is C7H9ClFNO. The van der Waals surface area contributed by atoms with Crippen LogP contribution in [0.2, 0.25) is 5.22 Å². The fourth-order valence-corrected chi connectivity index (χ4v) is 0.929. The van der Waals surface area contributed by atoms with Crippen molar-refractivity contribution in [3.8, 4) is 0 Å². The highest BCUT2D eigenvalue weighted by molar-refractivity contribution is 6.28. The van der Waals surface area contributed by atoms with Gasteiger partial charge in [-0.1, -0.05) is 0 Å². The van der Waals surface area contributed by atoms with Gasteiger partial charge in [0.05, 0.1) is 0 Å². The van der Waals surface area contributed by atoms with Crippen molar-refractivity contribution in [2.24, 2.45) is 0 Å². The maximum absolute atomic E-state index is 12.9. The van der Waals surface area contributed by atoms with Gasteiger partial charge >= 0.3 is 0 Å². The van der Waals surface area contributed by atoms with Gasteiger partial charge in [0.25, 0.3) is 0 Å². The number of halogens is 2. The van der Waals surface area contributed by atoms with E-state index in [9.17, 15) is 4.39 Å². The van der Waals surface area contributed by atoms with Crippen LogP contribution in [0, 0.1) is 0 Å². The summed E-state index contributed by atoms with van der Waals surface area (Å²) in [4.78, 5) is 0. The second-order valence-electron chi connectivity index (χ2n) is 2.17. The van der Waals surface area contributed by atoms with E-state index in [1.807, 2.05) is 0 Å². The van der Waals surface area contributed by atoms with Crippen LogP contribution < -0.4 is 5.32 Å². The van der Waals surface area contributed by atoms with E-state index in [0.29, 0.717) is 0 Å². The number of nitrogens with one attached hydrogen (secondary N) is 1. The van der Waals surface area contributed by atoms with Gasteiger partial charge in [-0.3, -0.25) is 0 Å². The van der Waals surface area contributed by atoms with E-state index in [1.165, 1.54) is 12.1 Å². The van der Waals surface area contributed by atoms with E-state index in [0.717, 1.165) is 0 Å². The van der Waals surface area contributed by atoms with Gasteiger partial charge in [-0.25, -0.2) is 4.39 Å². The van der Waals surface area contributed by atoms with Crippen LogP contribution in [0.4, 0.5) is 4.39 Å². The Morgan fingerprint density at radius 3 is 2.91 bits per heavy atom. The van der Waals surface area contributed by atoms with E-state index in [1.54, 1.807) is 7.05 Å². The molecule has 0 aromatic carbocycles. The third kappa shape index (κ3) is 2.20. The molecule has 1 unspecified atom stereocenters. The highest BCUT2D eigenvalue weighted by atomic mass is 35.5. The molecule has 0 aliphatic heterocycles. The molecule has 0 aliphatic rings. The van der Waals surface area contributed by atoms with Crippen LogP contribution in [0.25, 0.3) is 0 Å². The van der Waals surface area contributed by atoms with Gasteiger partial charge in [-0.15, -0.1) is 0 Å². The number of hydrogen-bond donors (Lipinski definition) is 1. The summed E-state index contributed by atoms with van der Waals surface area (Å²) < 4.78 is 17.8. The van der Waals surface area contributed by atoms with Crippen molar-refractivity contribution < 1.29 is 8.81 Å². The zero-order chi connectivity index (χ0) is 8.27. The molecule has 1 aromatic rings. The molecular weight excluding hydrogens is 169 g/mol. The lowest BCUT2D eigenvalue weighted by Gasteiger charge is -2.01. The quantitative estimate of drug-likeness (QED) is 0.766. The molecule has 1 N–H and O–H groups in total. The minimum absolute atomic E-state index is 0.221. The maximum atomic E-state index is 12.9. The van der Waals surface area contributed by atoms with Crippen LogP contribution >= 0.6 is 11.6 Å². The highest BCUT2D eigenvalue weighted by Gasteiger charge is 2.12. The molecule has 0 spiro atoms. The standard InChI is InChI=1S/C7H9ClFNO/c1-10-4-5(9)6-2-3-7(8)11-6/h2-3,5,10H,4H2,1H3. The normalized spacial score (nSPS) is 13.4. The van der Waals surface area contributed by atoms with Crippen molar-refractivity contribution in [3.63, 3.8) is 0 Å². The summed E-state index contributed by atoms with van der Waals surface area (Å²) in [5, 5.41) is 2.92. The van der Waals surface area contributed by atoms with Gasteiger partial charge in [-0.05, 0) is 30.8 Å². The molecule has 1 atom stereocenters. The van der Waals surface area contributed by atoms with Crippen molar-refractivity contribution in [1.29, 1.82) is 0 Å². The topological polar surface area (TPSA) is 25.2 Å². The van der Waals surface area contributed by atoms with Crippen molar-refractivity contribution >= 4 is 11.6 Å². The van der Waals surface area contributed by atoms with Gasteiger partial charge in [0.1, 0.15) is 5.76 Å². The van der Waals surface area contributed by atoms with Crippen LogP contribution in [0.1, 0.15) is 11.9 Å². The molecule has 1 rings (SSSR count). The Labute approximate surface area is 69.3 Å². The minimum atomic E-state index is -1.12. The average molecular weight is 178 g/mol. The zero-order valence-electron chi connectivity index (χ0n) is 6.10. The fraction of sp³-hybridized carbons (Fsp3) is 0.429. The summed E-state index contributed by atoms with van der Waals surface area (Å²) in [6.07, 6.45) is -1.12. The number of likely N-dealkylation sites (N-methyl/N-ethyl adjacent to an activating group) is 1. The van der Waals surface area contributed by atoms with E-state index < -0.39 is 6.17 Å².